The second-order valence-corrected chi connectivity index (χ2v) is 6.41. The number of likely N-dealkylation sites (tertiary alicyclic amines) is 1. The van der Waals surface area contributed by atoms with E-state index in [9.17, 15) is 13.6 Å². The molecular weight excluding hydrogens is 324 g/mol. The number of aryl methyl sites for hydroxylation is 1. The van der Waals surface area contributed by atoms with Gasteiger partial charge >= 0.3 is 0 Å². The SMILES string of the molecule is Cc1ccc(C(=O)N2CCCC(OCc3cccc(F)c3F)C2)cc1. The number of benzene rings is 2. The number of carbonyl (C=O) groups is 1. The van der Waals surface area contributed by atoms with Crippen molar-refractivity contribution < 1.29 is 18.3 Å². The van der Waals surface area contributed by atoms with Gasteiger partial charge in [0.25, 0.3) is 5.91 Å². The van der Waals surface area contributed by atoms with Gasteiger partial charge in [-0.15, -0.1) is 0 Å². The first-order valence-electron chi connectivity index (χ1n) is 8.45. The monoisotopic (exact) mass is 345 g/mol. The summed E-state index contributed by atoms with van der Waals surface area (Å²) in [6.45, 7) is 3.12. The highest BCUT2D eigenvalue weighted by Gasteiger charge is 2.25. The average Bonchev–Trinajstić information content (AvgIpc) is 2.63. The normalized spacial score (nSPS) is 17.6. The molecule has 1 atom stereocenters. The molecule has 0 saturated carbocycles. The van der Waals surface area contributed by atoms with E-state index in [4.69, 9.17) is 4.74 Å². The number of hydrogen-bond donors (Lipinski definition) is 0. The van der Waals surface area contributed by atoms with Crippen molar-refractivity contribution in [2.45, 2.75) is 32.5 Å². The van der Waals surface area contributed by atoms with Crippen molar-refractivity contribution in [3.8, 4) is 0 Å². The van der Waals surface area contributed by atoms with Crippen LogP contribution in [-0.4, -0.2) is 30.0 Å². The van der Waals surface area contributed by atoms with E-state index in [2.05, 4.69) is 0 Å². The molecule has 0 spiro atoms. The Morgan fingerprint density at radius 1 is 1.20 bits per heavy atom. The molecule has 0 aliphatic carbocycles. The zero-order valence-corrected chi connectivity index (χ0v) is 14.2. The molecule has 2 aromatic rings. The zero-order valence-electron chi connectivity index (χ0n) is 14.2. The molecule has 0 N–H and O–H groups in total. The van der Waals surface area contributed by atoms with Gasteiger partial charge in [0.05, 0.1) is 12.7 Å². The Kier molecular flexibility index (Phi) is 5.43. The Morgan fingerprint density at radius 3 is 2.72 bits per heavy atom. The molecule has 1 amide bonds. The van der Waals surface area contributed by atoms with Crippen molar-refractivity contribution in [3.05, 3.63) is 70.8 Å². The van der Waals surface area contributed by atoms with Crippen molar-refractivity contribution in [3.63, 3.8) is 0 Å². The van der Waals surface area contributed by atoms with E-state index in [-0.39, 0.29) is 24.2 Å². The summed E-state index contributed by atoms with van der Waals surface area (Å²) in [7, 11) is 0. The number of hydrogen-bond acceptors (Lipinski definition) is 2. The quantitative estimate of drug-likeness (QED) is 0.835. The summed E-state index contributed by atoms with van der Waals surface area (Å²) in [4.78, 5) is 14.4. The topological polar surface area (TPSA) is 29.5 Å². The molecule has 5 heteroatoms. The molecule has 1 aliphatic rings. The van der Waals surface area contributed by atoms with Gasteiger partial charge in [0, 0.05) is 24.2 Å². The molecule has 0 bridgehead atoms. The molecule has 0 radical (unpaired) electrons. The highest BCUT2D eigenvalue weighted by atomic mass is 19.2. The standard InChI is InChI=1S/C20H21F2NO2/c1-14-7-9-15(10-8-14)20(24)23-11-3-5-17(12-23)25-13-16-4-2-6-18(21)19(16)22/h2,4,6-10,17H,3,5,11-13H2,1H3. The van der Waals surface area contributed by atoms with Crippen LogP contribution < -0.4 is 0 Å². The largest absolute Gasteiger partial charge is 0.372 e. The Hall–Kier alpha value is -2.27. The van der Waals surface area contributed by atoms with E-state index in [1.807, 2.05) is 31.2 Å². The molecule has 1 heterocycles. The molecule has 1 saturated heterocycles. The second-order valence-electron chi connectivity index (χ2n) is 6.41. The van der Waals surface area contributed by atoms with E-state index in [1.165, 1.54) is 12.1 Å². The third kappa shape index (κ3) is 4.23. The van der Waals surface area contributed by atoms with Crippen LogP contribution in [0.5, 0.6) is 0 Å². The third-order valence-electron chi connectivity index (χ3n) is 4.47. The lowest BCUT2D eigenvalue weighted by Gasteiger charge is -2.32. The number of carbonyl (C=O) groups excluding carboxylic acids is 1. The molecule has 132 valence electrons. The molecule has 25 heavy (non-hydrogen) atoms. The van der Waals surface area contributed by atoms with Crippen molar-refractivity contribution in [2.75, 3.05) is 13.1 Å². The number of ether oxygens (including phenoxy) is 1. The van der Waals surface area contributed by atoms with Crippen LogP contribution in [0, 0.1) is 18.6 Å². The summed E-state index contributed by atoms with van der Waals surface area (Å²) in [5, 5.41) is 0. The Bertz CT molecular complexity index is 746. The van der Waals surface area contributed by atoms with Gasteiger partial charge in [-0.25, -0.2) is 8.78 Å². The second kappa shape index (κ2) is 7.74. The minimum Gasteiger partial charge on any atom is -0.372 e. The Balaban J connectivity index is 1.60. The summed E-state index contributed by atoms with van der Waals surface area (Å²) in [6.07, 6.45) is 1.45. The van der Waals surface area contributed by atoms with Gasteiger partial charge in [-0.05, 0) is 38.0 Å². The lowest BCUT2D eigenvalue weighted by atomic mass is 10.1. The van der Waals surface area contributed by atoms with Crippen molar-refractivity contribution in [1.29, 1.82) is 0 Å². The van der Waals surface area contributed by atoms with Crippen LogP contribution in [-0.2, 0) is 11.3 Å². The highest BCUT2D eigenvalue weighted by molar-refractivity contribution is 5.94. The summed E-state index contributed by atoms with van der Waals surface area (Å²) in [5.74, 6) is -1.77. The first kappa shape index (κ1) is 17.5. The Labute approximate surface area is 146 Å². The smallest absolute Gasteiger partial charge is 0.253 e. The first-order valence-corrected chi connectivity index (χ1v) is 8.45. The molecule has 1 fully saturated rings. The molecule has 2 aromatic carbocycles. The molecule has 1 unspecified atom stereocenters. The van der Waals surface area contributed by atoms with Gasteiger partial charge in [-0.1, -0.05) is 29.8 Å². The predicted molar refractivity (Wildman–Crippen MR) is 91.3 cm³/mol. The fourth-order valence-electron chi connectivity index (χ4n) is 3.00. The molecular formula is C20H21F2NO2. The fourth-order valence-corrected chi connectivity index (χ4v) is 3.00. The predicted octanol–water partition coefficient (Wildman–Crippen LogP) is 4.09. The van der Waals surface area contributed by atoms with E-state index >= 15 is 0 Å². The van der Waals surface area contributed by atoms with Gasteiger partial charge in [0.1, 0.15) is 0 Å². The lowest BCUT2D eigenvalue weighted by molar-refractivity contribution is -0.00776. The van der Waals surface area contributed by atoms with Crippen LogP contribution >= 0.6 is 0 Å². The number of nitrogens with zero attached hydrogens (tertiary/aromatic N) is 1. The zero-order chi connectivity index (χ0) is 17.8. The van der Waals surface area contributed by atoms with Crippen LogP contribution in [0.2, 0.25) is 0 Å². The summed E-state index contributed by atoms with van der Waals surface area (Å²) in [6, 6.07) is 11.5. The van der Waals surface area contributed by atoms with Gasteiger partial charge < -0.3 is 9.64 Å². The number of rotatable bonds is 4. The van der Waals surface area contributed by atoms with Crippen molar-refractivity contribution >= 4 is 5.91 Å². The van der Waals surface area contributed by atoms with Crippen LogP contribution in [0.15, 0.2) is 42.5 Å². The van der Waals surface area contributed by atoms with Crippen LogP contribution in [0.3, 0.4) is 0 Å². The van der Waals surface area contributed by atoms with Gasteiger partial charge in [0.15, 0.2) is 11.6 Å². The van der Waals surface area contributed by atoms with Crippen LogP contribution in [0.1, 0.15) is 34.3 Å². The lowest BCUT2D eigenvalue weighted by Crippen LogP contribution is -2.43. The van der Waals surface area contributed by atoms with Gasteiger partial charge in [-0.2, -0.15) is 0 Å². The van der Waals surface area contributed by atoms with Crippen molar-refractivity contribution in [2.24, 2.45) is 0 Å². The number of amides is 1. The van der Waals surface area contributed by atoms with Crippen molar-refractivity contribution in [1.82, 2.24) is 4.90 Å². The maximum Gasteiger partial charge on any atom is 0.253 e. The van der Waals surface area contributed by atoms with E-state index in [1.54, 1.807) is 4.90 Å². The minimum atomic E-state index is -0.874. The highest BCUT2D eigenvalue weighted by Crippen LogP contribution is 2.19. The molecule has 3 rings (SSSR count). The average molecular weight is 345 g/mol. The van der Waals surface area contributed by atoms with Crippen LogP contribution in [0.25, 0.3) is 0 Å². The Morgan fingerprint density at radius 2 is 1.96 bits per heavy atom. The van der Waals surface area contributed by atoms with E-state index in [0.29, 0.717) is 18.7 Å². The van der Waals surface area contributed by atoms with E-state index in [0.717, 1.165) is 24.5 Å². The molecule has 3 nitrogen and oxygen atoms in total. The summed E-state index contributed by atoms with van der Waals surface area (Å²) < 4.78 is 32.7. The number of piperidine rings is 1. The summed E-state index contributed by atoms with van der Waals surface area (Å²) in [5.41, 5.74) is 1.96. The van der Waals surface area contributed by atoms with Gasteiger partial charge in [-0.3, -0.25) is 4.79 Å². The maximum absolute atomic E-state index is 13.7. The summed E-state index contributed by atoms with van der Waals surface area (Å²) >= 11 is 0. The molecule has 1 aliphatic heterocycles. The first-order chi connectivity index (χ1) is 12.0. The fraction of sp³-hybridized carbons (Fsp3) is 0.350. The minimum absolute atomic E-state index is 0.000816. The van der Waals surface area contributed by atoms with Gasteiger partial charge in [0.2, 0.25) is 0 Å². The van der Waals surface area contributed by atoms with Crippen LogP contribution in [0.4, 0.5) is 8.78 Å². The maximum atomic E-state index is 13.7. The molecule has 0 aromatic heterocycles. The third-order valence-corrected chi connectivity index (χ3v) is 4.47. The van der Waals surface area contributed by atoms with E-state index < -0.39 is 11.6 Å². The number of halogens is 2.